The molecule has 0 spiro atoms. The molecular weight excluding hydrogens is 128 g/mol. The molecule has 0 saturated carbocycles. The van der Waals surface area contributed by atoms with E-state index in [0.717, 1.165) is 5.56 Å². The lowest BCUT2D eigenvalue weighted by atomic mass is 10.4. The summed E-state index contributed by atoms with van der Waals surface area (Å²) in [5, 5.41) is 12.7. The molecule has 0 aliphatic rings. The highest BCUT2D eigenvalue weighted by Gasteiger charge is 1.98. The normalized spacial score (nSPS) is 10.8. The number of aliphatic hydroxyl groups is 1. The lowest BCUT2D eigenvalue weighted by molar-refractivity contribution is 0.281. The van der Waals surface area contributed by atoms with Crippen molar-refractivity contribution >= 4 is 0 Å². The fourth-order valence-electron chi connectivity index (χ4n) is 0.741. The van der Waals surface area contributed by atoms with Crippen LogP contribution in [0.25, 0.3) is 0 Å². The van der Waals surface area contributed by atoms with Gasteiger partial charge in [-0.15, -0.1) is 0 Å². The molecule has 56 valence electrons. The van der Waals surface area contributed by atoms with Crippen LogP contribution in [0, 0.1) is 0 Å². The Bertz CT molecular complexity index is 205. The third kappa shape index (κ3) is 1.36. The highest BCUT2D eigenvalue weighted by molar-refractivity contribution is 5.01. The Kier molecular flexibility index (Phi) is 2.06. The smallest absolute Gasteiger partial charge is 0.0712 e. The molecule has 0 radical (unpaired) electrons. The molecule has 0 saturated heterocycles. The van der Waals surface area contributed by atoms with Gasteiger partial charge in [-0.05, 0) is 13.8 Å². The van der Waals surface area contributed by atoms with Crippen LogP contribution in [0.3, 0.4) is 0 Å². The fourth-order valence-corrected chi connectivity index (χ4v) is 0.741. The summed E-state index contributed by atoms with van der Waals surface area (Å²) in [6.07, 6.45) is 3.53. The predicted molar refractivity (Wildman–Crippen MR) is 38.5 cm³/mol. The summed E-state index contributed by atoms with van der Waals surface area (Å²) >= 11 is 0. The van der Waals surface area contributed by atoms with Crippen molar-refractivity contribution in [3.63, 3.8) is 0 Å². The van der Waals surface area contributed by atoms with E-state index in [9.17, 15) is 0 Å². The second-order valence-corrected chi connectivity index (χ2v) is 2.58. The van der Waals surface area contributed by atoms with Crippen LogP contribution in [-0.4, -0.2) is 14.9 Å². The molecule has 1 rings (SSSR count). The molecule has 0 bridgehead atoms. The van der Waals surface area contributed by atoms with E-state index in [1.807, 2.05) is 24.7 Å². The summed E-state index contributed by atoms with van der Waals surface area (Å²) in [4.78, 5) is 0. The molecule has 10 heavy (non-hydrogen) atoms. The summed E-state index contributed by atoms with van der Waals surface area (Å²) in [5.74, 6) is 0. The summed E-state index contributed by atoms with van der Waals surface area (Å²) in [5.41, 5.74) is 0.869. The number of rotatable bonds is 2. The van der Waals surface area contributed by atoms with Crippen molar-refractivity contribution in [3.05, 3.63) is 18.0 Å². The first kappa shape index (κ1) is 7.28. The van der Waals surface area contributed by atoms with Crippen molar-refractivity contribution in [3.8, 4) is 0 Å². The van der Waals surface area contributed by atoms with Crippen LogP contribution in [-0.2, 0) is 6.61 Å². The molecule has 1 heterocycles. The zero-order valence-corrected chi connectivity index (χ0v) is 6.28. The van der Waals surface area contributed by atoms with E-state index in [0.29, 0.717) is 6.04 Å². The minimum Gasteiger partial charge on any atom is -0.392 e. The zero-order chi connectivity index (χ0) is 7.56. The first-order valence-corrected chi connectivity index (χ1v) is 3.38. The molecule has 1 N–H and O–H groups in total. The van der Waals surface area contributed by atoms with Gasteiger partial charge in [-0.3, -0.25) is 4.68 Å². The molecule has 1 aromatic heterocycles. The average molecular weight is 140 g/mol. The van der Waals surface area contributed by atoms with Gasteiger partial charge in [-0.2, -0.15) is 5.10 Å². The minimum absolute atomic E-state index is 0.0761. The fraction of sp³-hybridized carbons (Fsp3) is 0.571. The molecule has 3 nitrogen and oxygen atoms in total. The maximum Gasteiger partial charge on any atom is 0.0712 e. The van der Waals surface area contributed by atoms with Crippen LogP contribution in [0.15, 0.2) is 12.4 Å². The standard InChI is InChI=1S/C7H12N2O/c1-6(2)9-4-7(5-10)3-8-9/h3-4,6,10H,5H2,1-2H3. The second kappa shape index (κ2) is 2.84. The Labute approximate surface area is 60.3 Å². The Morgan fingerprint density at radius 1 is 1.70 bits per heavy atom. The average Bonchev–Trinajstić information content (AvgIpc) is 2.34. The van der Waals surface area contributed by atoms with Gasteiger partial charge < -0.3 is 5.11 Å². The predicted octanol–water partition coefficient (Wildman–Crippen LogP) is 0.956. The van der Waals surface area contributed by atoms with Gasteiger partial charge in [-0.25, -0.2) is 0 Å². The third-order valence-corrected chi connectivity index (χ3v) is 1.37. The lowest BCUT2D eigenvalue weighted by Crippen LogP contribution is -1.99. The van der Waals surface area contributed by atoms with E-state index >= 15 is 0 Å². The number of aromatic nitrogens is 2. The van der Waals surface area contributed by atoms with Gasteiger partial charge in [-0.1, -0.05) is 0 Å². The Morgan fingerprint density at radius 2 is 2.40 bits per heavy atom. The molecule has 0 amide bonds. The van der Waals surface area contributed by atoms with Gasteiger partial charge in [0.1, 0.15) is 0 Å². The van der Waals surface area contributed by atoms with Crippen molar-refractivity contribution in [2.75, 3.05) is 0 Å². The molecule has 0 fully saturated rings. The van der Waals surface area contributed by atoms with Gasteiger partial charge in [0.15, 0.2) is 0 Å². The van der Waals surface area contributed by atoms with E-state index in [4.69, 9.17) is 5.11 Å². The molecule has 0 unspecified atom stereocenters. The summed E-state index contributed by atoms with van der Waals surface area (Å²) < 4.78 is 1.82. The molecule has 3 heteroatoms. The highest BCUT2D eigenvalue weighted by Crippen LogP contribution is 2.04. The van der Waals surface area contributed by atoms with Gasteiger partial charge in [0.2, 0.25) is 0 Å². The van der Waals surface area contributed by atoms with E-state index in [2.05, 4.69) is 5.10 Å². The first-order valence-electron chi connectivity index (χ1n) is 3.38. The zero-order valence-electron chi connectivity index (χ0n) is 6.28. The quantitative estimate of drug-likeness (QED) is 0.664. The van der Waals surface area contributed by atoms with E-state index < -0.39 is 0 Å². The van der Waals surface area contributed by atoms with E-state index in [-0.39, 0.29) is 6.61 Å². The molecule has 0 aliphatic carbocycles. The van der Waals surface area contributed by atoms with E-state index in [1.54, 1.807) is 6.20 Å². The Hall–Kier alpha value is -0.830. The maximum atomic E-state index is 8.68. The SMILES string of the molecule is CC(C)n1cc(CO)cn1. The van der Waals surface area contributed by atoms with Crippen molar-refractivity contribution in [1.29, 1.82) is 0 Å². The number of hydrogen-bond donors (Lipinski definition) is 1. The van der Waals surface area contributed by atoms with Crippen LogP contribution >= 0.6 is 0 Å². The van der Waals surface area contributed by atoms with Crippen LogP contribution in [0.2, 0.25) is 0 Å². The largest absolute Gasteiger partial charge is 0.392 e. The number of aliphatic hydroxyl groups excluding tert-OH is 1. The van der Waals surface area contributed by atoms with Gasteiger partial charge in [0.25, 0.3) is 0 Å². The topological polar surface area (TPSA) is 38.0 Å². The van der Waals surface area contributed by atoms with Crippen LogP contribution < -0.4 is 0 Å². The third-order valence-electron chi connectivity index (χ3n) is 1.37. The molecule has 0 atom stereocenters. The monoisotopic (exact) mass is 140 g/mol. The number of hydrogen-bond acceptors (Lipinski definition) is 2. The van der Waals surface area contributed by atoms with E-state index in [1.165, 1.54) is 0 Å². The van der Waals surface area contributed by atoms with Gasteiger partial charge in [0, 0.05) is 17.8 Å². The van der Waals surface area contributed by atoms with Crippen molar-refractivity contribution in [2.24, 2.45) is 0 Å². The van der Waals surface area contributed by atoms with Crippen molar-refractivity contribution in [1.82, 2.24) is 9.78 Å². The van der Waals surface area contributed by atoms with Crippen LogP contribution in [0.1, 0.15) is 25.5 Å². The minimum atomic E-state index is 0.0761. The van der Waals surface area contributed by atoms with Crippen molar-refractivity contribution in [2.45, 2.75) is 26.5 Å². The maximum absolute atomic E-state index is 8.68. The molecule has 0 aliphatic heterocycles. The van der Waals surface area contributed by atoms with Crippen LogP contribution in [0.5, 0.6) is 0 Å². The van der Waals surface area contributed by atoms with Gasteiger partial charge in [0.05, 0.1) is 12.8 Å². The molecule has 1 aromatic rings. The molecule has 0 aromatic carbocycles. The summed E-state index contributed by atoms with van der Waals surface area (Å²) in [6, 6.07) is 0.375. The summed E-state index contributed by atoms with van der Waals surface area (Å²) in [6.45, 7) is 4.18. The van der Waals surface area contributed by atoms with Crippen molar-refractivity contribution < 1.29 is 5.11 Å². The Morgan fingerprint density at radius 3 is 2.70 bits per heavy atom. The first-order chi connectivity index (χ1) is 4.74. The second-order valence-electron chi connectivity index (χ2n) is 2.58. The summed E-state index contributed by atoms with van der Waals surface area (Å²) in [7, 11) is 0. The van der Waals surface area contributed by atoms with Gasteiger partial charge >= 0.3 is 0 Å². The lowest BCUT2D eigenvalue weighted by Gasteiger charge is -2.02. The number of nitrogens with zero attached hydrogens (tertiary/aromatic N) is 2. The molecular formula is C7H12N2O. The van der Waals surface area contributed by atoms with Crippen LogP contribution in [0.4, 0.5) is 0 Å². The Balaban J connectivity index is 2.78. The highest BCUT2D eigenvalue weighted by atomic mass is 16.3.